The molecule has 4 rings (SSSR count). The van der Waals surface area contributed by atoms with Crippen molar-refractivity contribution in [2.75, 3.05) is 37.1 Å². The third kappa shape index (κ3) is 4.11. The Hall–Kier alpha value is -3.39. The van der Waals surface area contributed by atoms with Crippen LogP contribution in [0.5, 0.6) is 5.75 Å². The zero-order chi connectivity index (χ0) is 21.8. The van der Waals surface area contributed by atoms with E-state index in [1.165, 1.54) is 0 Å². The quantitative estimate of drug-likeness (QED) is 0.534. The number of imidazole rings is 1. The van der Waals surface area contributed by atoms with Crippen molar-refractivity contribution in [1.82, 2.24) is 9.55 Å². The second-order valence-electron chi connectivity index (χ2n) is 7.30. The standard InChI is InChI=1S/C23H26N4O4/c1-3-31-20-12-7-5-10-17(20)24-21(28)15-19-22(29)26(13-8-14-30-2)23-25-16-9-4-6-11-18(16)27(19)23/h4-7,9-12,19H,3,8,13-15H2,1-2H3,(H,24,28)/t19-/m1/s1. The second kappa shape index (κ2) is 9.18. The van der Waals surface area contributed by atoms with Gasteiger partial charge in [0, 0.05) is 20.3 Å². The Bertz CT molecular complexity index is 1090. The molecule has 0 unspecified atom stereocenters. The van der Waals surface area contributed by atoms with Crippen molar-refractivity contribution in [1.29, 1.82) is 0 Å². The number of hydrogen-bond acceptors (Lipinski definition) is 5. The molecule has 1 N–H and O–H groups in total. The van der Waals surface area contributed by atoms with Crippen molar-refractivity contribution in [3.05, 3.63) is 48.5 Å². The minimum absolute atomic E-state index is 0.00737. The van der Waals surface area contributed by atoms with Crippen LogP contribution in [-0.2, 0) is 14.3 Å². The molecule has 0 aliphatic carbocycles. The van der Waals surface area contributed by atoms with Crippen LogP contribution in [-0.4, -0.2) is 48.2 Å². The number of amides is 2. The highest BCUT2D eigenvalue weighted by atomic mass is 16.5. The summed E-state index contributed by atoms with van der Waals surface area (Å²) >= 11 is 0. The Morgan fingerprint density at radius 1 is 1.16 bits per heavy atom. The van der Waals surface area contributed by atoms with Crippen molar-refractivity contribution < 1.29 is 19.1 Å². The SMILES string of the molecule is CCOc1ccccc1NC(=O)C[C@@H]1C(=O)N(CCCOC)c2nc3ccccc3n21. The number of ether oxygens (including phenoxy) is 2. The summed E-state index contributed by atoms with van der Waals surface area (Å²) in [6.07, 6.45) is 0.694. The Morgan fingerprint density at radius 2 is 1.94 bits per heavy atom. The normalized spacial score (nSPS) is 15.4. The summed E-state index contributed by atoms with van der Waals surface area (Å²) in [6.45, 7) is 3.42. The fourth-order valence-corrected chi connectivity index (χ4v) is 3.90. The summed E-state index contributed by atoms with van der Waals surface area (Å²) in [5, 5.41) is 2.89. The molecule has 0 saturated heterocycles. The van der Waals surface area contributed by atoms with Crippen molar-refractivity contribution in [2.24, 2.45) is 0 Å². The van der Waals surface area contributed by atoms with E-state index in [0.717, 1.165) is 11.0 Å². The summed E-state index contributed by atoms with van der Waals surface area (Å²) in [5.41, 5.74) is 2.23. The van der Waals surface area contributed by atoms with Crippen molar-refractivity contribution in [3.63, 3.8) is 0 Å². The van der Waals surface area contributed by atoms with E-state index in [1.54, 1.807) is 24.1 Å². The van der Waals surface area contributed by atoms with Crippen LogP contribution in [0.3, 0.4) is 0 Å². The number of carbonyl (C=O) groups is 2. The van der Waals surface area contributed by atoms with Crippen LogP contribution < -0.4 is 15.0 Å². The Balaban J connectivity index is 1.59. The van der Waals surface area contributed by atoms with Gasteiger partial charge < -0.3 is 14.8 Å². The van der Waals surface area contributed by atoms with Crippen LogP contribution in [0.2, 0.25) is 0 Å². The second-order valence-corrected chi connectivity index (χ2v) is 7.30. The van der Waals surface area contributed by atoms with Gasteiger partial charge in [-0.25, -0.2) is 4.98 Å². The maximum atomic E-state index is 13.2. The first-order valence-corrected chi connectivity index (χ1v) is 10.4. The number of methoxy groups -OCH3 is 1. The number of nitrogens with one attached hydrogen (secondary N) is 1. The third-order valence-electron chi connectivity index (χ3n) is 5.25. The van der Waals surface area contributed by atoms with Crippen LogP contribution in [0.1, 0.15) is 25.8 Å². The highest BCUT2D eigenvalue weighted by Crippen LogP contribution is 2.36. The van der Waals surface area contributed by atoms with Crippen LogP contribution >= 0.6 is 0 Å². The molecule has 2 aromatic carbocycles. The predicted octanol–water partition coefficient (Wildman–Crippen LogP) is 3.39. The minimum atomic E-state index is -0.649. The van der Waals surface area contributed by atoms with E-state index in [4.69, 9.17) is 9.47 Å². The van der Waals surface area contributed by atoms with Gasteiger partial charge in [0.25, 0.3) is 5.91 Å². The number of anilines is 2. The molecule has 0 saturated carbocycles. The number of para-hydroxylation sites is 4. The minimum Gasteiger partial charge on any atom is -0.492 e. The van der Waals surface area contributed by atoms with Crippen molar-refractivity contribution >= 4 is 34.5 Å². The summed E-state index contributed by atoms with van der Waals surface area (Å²) in [7, 11) is 1.63. The van der Waals surface area contributed by atoms with E-state index in [0.29, 0.717) is 43.6 Å². The molecule has 2 heterocycles. The number of benzene rings is 2. The summed E-state index contributed by atoms with van der Waals surface area (Å²) < 4.78 is 12.6. The fraction of sp³-hybridized carbons (Fsp3) is 0.348. The molecule has 0 bridgehead atoms. The van der Waals surface area contributed by atoms with E-state index < -0.39 is 6.04 Å². The molecular weight excluding hydrogens is 396 g/mol. The van der Waals surface area contributed by atoms with Gasteiger partial charge in [0.2, 0.25) is 11.9 Å². The van der Waals surface area contributed by atoms with Crippen molar-refractivity contribution in [3.8, 4) is 5.75 Å². The number of carbonyl (C=O) groups excluding carboxylic acids is 2. The number of nitrogens with zero attached hydrogens (tertiary/aromatic N) is 3. The summed E-state index contributed by atoms with van der Waals surface area (Å²) in [4.78, 5) is 32.5. The van der Waals surface area contributed by atoms with Gasteiger partial charge in [-0.05, 0) is 37.6 Å². The van der Waals surface area contributed by atoms with Gasteiger partial charge >= 0.3 is 0 Å². The zero-order valence-corrected chi connectivity index (χ0v) is 17.7. The number of hydrogen-bond donors (Lipinski definition) is 1. The highest BCUT2D eigenvalue weighted by Gasteiger charge is 2.40. The van der Waals surface area contributed by atoms with Crippen molar-refractivity contribution in [2.45, 2.75) is 25.8 Å². The Kier molecular flexibility index (Phi) is 6.18. The zero-order valence-electron chi connectivity index (χ0n) is 17.7. The number of aromatic nitrogens is 2. The lowest BCUT2D eigenvalue weighted by Crippen LogP contribution is -2.32. The molecule has 1 aliphatic heterocycles. The smallest absolute Gasteiger partial charge is 0.253 e. The first kappa shape index (κ1) is 20.9. The topological polar surface area (TPSA) is 85.7 Å². The van der Waals surface area contributed by atoms with Gasteiger partial charge in [0.1, 0.15) is 11.8 Å². The van der Waals surface area contributed by atoms with Crippen LogP contribution in [0.4, 0.5) is 11.6 Å². The van der Waals surface area contributed by atoms with Crippen LogP contribution in [0.15, 0.2) is 48.5 Å². The van der Waals surface area contributed by atoms with Crippen LogP contribution in [0, 0.1) is 0 Å². The van der Waals surface area contributed by atoms with E-state index >= 15 is 0 Å². The lowest BCUT2D eigenvalue weighted by atomic mass is 10.1. The first-order chi connectivity index (χ1) is 15.1. The molecule has 0 fully saturated rings. The van der Waals surface area contributed by atoms with E-state index in [9.17, 15) is 9.59 Å². The molecular formula is C23H26N4O4. The molecule has 0 radical (unpaired) electrons. The lowest BCUT2D eigenvalue weighted by Gasteiger charge is -2.16. The average molecular weight is 422 g/mol. The van der Waals surface area contributed by atoms with Crippen LogP contribution in [0.25, 0.3) is 11.0 Å². The third-order valence-corrected chi connectivity index (χ3v) is 5.25. The molecule has 162 valence electrons. The fourth-order valence-electron chi connectivity index (χ4n) is 3.90. The average Bonchev–Trinajstić information content (AvgIpc) is 3.26. The molecule has 2 amide bonds. The molecule has 8 heteroatoms. The molecule has 3 aromatic rings. The monoisotopic (exact) mass is 422 g/mol. The predicted molar refractivity (Wildman–Crippen MR) is 118 cm³/mol. The van der Waals surface area contributed by atoms with Gasteiger partial charge in [-0.3, -0.25) is 19.1 Å². The summed E-state index contributed by atoms with van der Waals surface area (Å²) in [5.74, 6) is 0.798. The lowest BCUT2D eigenvalue weighted by molar-refractivity contribution is -0.124. The first-order valence-electron chi connectivity index (χ1n) is 10.4. The molecule has 1 aromatic heterocycles. The van der Waals surface area contributed by atoms with Gasteiger partial charge in [0.15, 0.2) is 0 Å². The molecule has 0 spiro atoms. The number of fused-ring (bicyclic) bond motifs is 3. The van der Waals surface area contributed by atoms with E-state index in [-0.39, 0.29) is 18.2 Å². The molecule has 8 nitrogen and oxygen atoms in total. The largest absolute Gasteiger partial charge is 0.492 e. The summed E-state index contributed by atoms with van der Waals surface area (Å²) in [6, 6.07) is 14.3. The molecule has 1 atom stereocenters. The van der Waals surface area contributed by atoms with Gasteiger partial charge in [-0.2, -0.15) is 0 Å². The van der Waals surface area contributed by atoms with Gasteiger partial charge in [0.05, 0.1) is 29.7 Å². The maximum absolute atomic E-state index is 13.2. The Morgan fingerprint density at radius 3 is 2.74 bits per heavy atom. The Labute approximate surface area is 180 Å². The molecule has 31 heavy (non-hydrogen) atoms. The van der Waals surface area contributed by atoms with Gasteiger partial charge in [-0.1, -0.05) is 24.3 Å². The van der Waals surface area contributed by atoms with Gasteiger partial charge in [-0.15, -0.1) is 0 Å². The van der Waals surface area contributed by atoms with E-state index in [2.05, 4.69) is 10.3 Å². The molecule has 1 aliphatic rings. The maximum Gasteiger partial charge on any atom is 0.253 e. The van der Waals surface area contributed by atoms with E-state index in [1.807, 2.05) is 47.9 Å². The number of rotatable bonds is 9. The highest BCUT2D eigenvalue weighted by molar-refractivity contribution is 6.05.